The molecule has 0 N–H and O–H groups in total. The summed E-state index contributed by atoms with van der Waals surface area (Å²) in [5.41, 5.74) is -2.58. The fourth-order valence-electron chi connectivity index (χ4n) is 4.42. The van der Waals surface area contributed by atoms with Crippen LogP contribution in [0.4, 0.5) is 34.4 Å². The minimum Gasteiger partial charge on any atom is -0.444 e. The molecular formula is C29H34ClF3N6O4. The van der Waals surface area contributed by atoms with Crippen LogP contribution < -0.4 is 9.80 Å². The Morgan fingerprint density at radius 2 is 1.56 bits per heavy atom. The van der Waals surface area contributed by atoms with E-state index < -0.39 is 40.8 Å². The van der Waals surface area contributed by atoms with Gasteiger partial charge in [0.05, 0.1) is 21.8 Å². The molecule has 1 fully saturated rings. The zero-order valence-electron chi connectivity index (χ0n) is 25.0. The molecule has 1 aliphatic rings. The van der Waals surface area contributed by atoms with Gasteiger partial charge in [-0.3, -0.25) is 4.90 Å². The number of ether oxygens (including phenoxy) is 2. The van der Waals surface area contributed by atoms with Crippen LogP contribution in [0.2, 0.25) is 5.02 Å². The van der Waals surface area contributed by atoms with Crippen LogP contribution in [-0.4, -0.2) is 76.5 Å². The van der Waals surface area contributed by atoms with E-state index in [1.54, 1.807) is 46.4 Å². The molecule has 0 aliphatic carbocycles. The predicted molar refractivity (Wildman–Crippen MR) is 157 cm³/mol. The molecule has 0 unspecified atom stereocenters. The number of benzene rings is 1. The second kappa shape index (κ2) is 11.7. The van der Waals surface area contributed by atoms with E-state index in [0.717, 1.165) is 17.0 Å². The van der Waals surface area contributed by atoms with Crippen molar-refractivity contribution in [1.29, 1.82) is 0 Å². The topological polar surface area (TPSA) is 101 Å². The lowest BCUT2D eigenvalue weighted by atomic mass is 10.0. The van der Waals surface area contributed by atoms with Gasteiger partial charge in [0.1, 0.15) is 29.2 Å². The van der Waals surface area contributed by atoms with E-state index in [0.29, 0.717) is 42.9 Å². The molecule has 14 heteroatoms. The average molecular weight is 623 g/mol. The van der Waals surface area contributed by atoms with Gasteiger partial charge in [0, 0.05) is 44.2 Å². The minimum atomic E-state index is -4.76. The highest BCUT2D eigenvalue weighted by Crippen LogP contribution is 2.41. The molecule has 2 amide bonds. The van der Waals surface area contributed by atoms with Crippen LogP contribution in [0.1, 0.15) is 47.1 Å². The second-order valence-electron chi connectivity index (χ2n) is 12.1. The summed E-state index contributed by atoms with van der Waals surface area (Å²) < 4.78 is 53.2. The number of hydrogen-bond donors (Lipinski definition) is 0. The first-order valence-corrected chi connectivity index (χ1v) is 13.9. The normalized spacial score (nSPS) is 14.6. The number of halogens is 4. The van der Waals surface area contributed by atoms with Crippen molar-refractivity contribution in [3.63, 3.8) is 0 Å². The van der Waals surface area contributed by atoms with E-state index in [-0.39, 0.29) is 16.4 Å². The summed E-state index contributed by atoms with van der Waals surface area (Å²) in [5, 5.41) is 0.517. The molecule has 4 rings (SSSR count). The molecule has 0 spiro atoms. The van der Waals surface area contributed by atoms with Gasteiger partial charge in [0.25, 0.3) is 0 Å². The van der Waals surface area contributed by atoms with Crippen LogP contribution in [0.5, 0.6) is 0 Å². The monoisotopic (exact) mass is 622 g/mol. The number of amides is 2. The SMILES string of the molecule is CN(C(=O)OC(C)(C)C)c1ccc(C(F)(F)F)c(-c2cc3ncnc(N4CCN(C(=O)OC(C)(C)C)CC4)c3cc2Cl)n1. The number of anilines is 2. The maximum absolute atomic E-state index is 14.1. The molecule has 2 aromatic heterocycles. The zero-order valence-corrected chi connectivity index (χ0v) is 25.8. The molecule has 1 aromatic carbocycles. The lowest BCUT2D eigenvalue weighted by Gasteiger charge is -2.36. The summed E-state index contributed by atoms with van der Waals surface area (Å²) in [6.45, 7) is 12.1. The Labute approximate surface area is 252 Å². The van der Waals surface area contributed by atoms with Crippen LogP contribution in [0.25, 0.3) is 22.2 Å². The highest BCUT2D eigenvalue weighted by Gasteiger charge is 2.36. The van der Waals surface area contributed by atoms with Gasteiger partial charge in [0.15, 0.2) is 0 Å². The summed E-state index contributed by atoms with van der Waals surface area (Å²) >= 11 is 6.62. The molecule has 0 radical (unpaired) electrons. The maximum atomic E-state index is 14.1. The van der Waals surface area contributed by atoms with E-state index >= 15 is 0 Å². The first-order chi connectivity index (χ1) is 19.8. The number of pyridine rings is 1. The highest BCUT2D eigenvalue weighted by atomic mass is 35.5. The number of fused-ring (bicyclic) bond motifs is 1. The summed E-state index contributed by atoms with van der Waals surface area (Å²) in [5.74, 6) is 0.476. The van der Waals surface area contributed by atoms with Crippen molar-refractivity contribution in [2.24, 2.45) is 0 Å². The molecule has 3 heterocycles. The Bertz CT molecular complexity index is 1530. The Morgan fingerprint density at radius 1 is 0.930 bits per heavy atom. The van der Waals surface area contributed by atoms with Crippen molar-refractivity contribution in [2.75, 3.05) is 43.0 Å². The van der Waals surface area contributed by atoms with E-state index in [1.807, 2.05) is 4.90 Å². The van der Waals surface area contributed by atoms with Crippen LogP contribution >= 0.6 is 11.6 Å². The van der Waals surface area contributed by atoms with E-state index in [1.165, 1.54) is 25.5 Å². The quantitative estimate of drug-likeness (QED) is 0.315. The van der Waals surface area contributed by atoms with Crippen LogP contribution in [0.3, 0.4) is 0 Å². The average Bonchev–Trinajstić information content (AvgIpc) is 2.89. The van der Waals surface area contributed by atoms with Crippen molar-refractivity contribution in [2.45, 2.75) is 58.9 Å². The molecular weight excluding hydrogens is 589 g/mol. The van der Waals surface area contributed by atoms with E-state index in [4.69, 9.17) is 21.1 Å². The highest BCUT2D eigenvalue weighted by molar-refractivity contribution is 6.34. The maximum Gasteiger partial charge on any atom is 0.418 e. The van der Waals surface area contributed by atoms with E-state index in [2.05, 4.69) is 15.0 Å². The third-order valence-corrected chi connectivity index (χ3v) is 6.70. The fourth-order valence-corrected chi connectivity index (χ4v) is 4.67. The standard InChI is InChI=1S/C29H34ClF3N6O4/c1-27(2,3)42-25(40)37(7)22-9-8-19(29(31,32)33)23(36-22)17-15-21-18(14-20(17)30)24(35-16-34-21)38-10-12-39(13-11-38)26(41)43-28(4,5)6/h8-9,14-16H,10-13H2,1-7H3. The van der Waals surface area contributed by atoms with Crippen LogP contribution in [0.15, 0.2) is 30.6 Å². The Balaban J connectivity index is 1.69. The second-order valence-corrected chi connectivity index (χ2v) is 12.5. The van der Waals surface area contributed by atoms with Crippen LogP contribution in [0, 0.1) is 0 Å². The molecule has 10 nitrogen and oxygen atoms in total. The number of piperazine rings is 1. The first kappa shape index (κ1) is 32.1. The van der Waals surface area contributed by atoms with Gasteiger partial charge in [-0.05, 0) is 65.8 Å². The van der Waals surface area contributed by atoms with Gasteiger partial charge >= 0.3 is 18.4 Å². The molecule has 43 heavy (non-hydrogen) atoms. The van der Waals surface area contributed by atoms with Crippen molar-refractivity contribution in [1.82, 2.24) is 19.9 Å². The third-order valence-electron chi connectivity index (χ3n) is 6.39. The number of nitrogens with zero attached hydrogens (tertiary/aromatic N) is 6. The summed E-state index contributed by atoms with van der Waals surface area (Å²) in [6, 6.07) is 4.89. The number of rotatable bonds is 3. The fraction of sp³-hybridized carbons (Fsp3) is 0.483. The molecule has 1 saturated heterocycles. The molecule has 3 aromatic rings. The number of aromatic nitrogens is 3. The number of carbonyl (C=O) groups excluding carboxylic acids is 2. The van der Waals surface area contributed by atoms with Gasteiger partial charge < -0.3 is 19.3 Å². The lowest BCUT2D eigenvalue weighted by molar-refractivity contribution is -0.137. The summed E-state index contributed by atoms with van der Waals surface area (Å²) in [6.07, 6.45) is -4.62. The van der Waals surface area contributed by atoms with E-state index in [9.17, 15) is 22.8 Å². The van der Waals surface area contributed by atoms with Gasteiger partial charge in [-0.25, -0.2) is 24.5 Å². The van der Waals surface area contributed by atoms with Crippen molar-refractivity contribution >= 4 is 46.3 Å². The van der Waals surface area contributed by atoms with Gasteiger partial charge in [-0.15, -0.1) is 0 Å². The van der Waals surface area contributed by atoms with Crippen LogP contribution in [-0.2, 0) is 15.7 Å². The van der Waals surface area contributed by atoms with Gasteiger partial charge in [-0.2, -0.15) is 13.2 Å². The zero-order chi connectivity index (χ0) is 31.9. The Morgan fingerprint density at radius 3 is 2.14 bits per heavy atom. The molecule has 0 saturated carbocycles. The predicted octanol–water partition coefficient (Wildman–Crippen LogP) is 6.79. The number of alkyl halides is 3. The number of hydrogen-bond acceptors (Lipinski definition) is 8. The Hall–Kier alpha value is -3.87. The largest absolute Gasteiger partial charge is 0.444 e. The lowest BCUT2D eigenvalue weighted by Crippen LogP contribution is -2.50. The molecule has 0 bridgehead atoms. The summed E-state index contributed by atoms with van der Waals surface area (Å²) in [4.78, 5) is 42.6. The summed E-state index contributed by atoms with van der Waals surface area (Å²) in [7, 11) is 1.36. The third kappa shape index (κ3) is 7.56. The molecule has 232 valence electrons. The van der Waals surface area contributed by atoms with Crippen molar-refractivity contribution < 1.29 is 32.2 Å². The molecule has 1 aliphatic heterocycles. The molecule has 0 atom stereocenters. The first-order valence-electron chi connectivity index (χ1n) is 13.6. The van der Waals surface area contributed by atoms with Gasteiger partial charge in [-0.1, -0.05) is 11.6 Å². The van der Waals surface area contributed by atoms with Crippen molar-refractivity contribution in [3.05, 3.63) is 41.2 Å². The Kier molecular flexibility index (Phi) is 8.70. The minimum absolute atomic E-state index is 0.00832. The smallest absolute Gasteiger partial charge is 0.418 e. The number of carbonyl (C=O) groups is 2. The van der Waals surface area contributed by atoms with Crippen molar-refractivity contribution in [3.8, 4) is 11.3 Å². The van der Waals surface area contributed by atoms with Gasteiger partial charge in [0.2, 0.25) is 0 Å².